The standard InChI is InChI=1S/C4H9BrO2.C2H4O2/c1-2-6-3-4-7-5;1-2(3)4/h2-4H2,1H3;1H3,(H,3,4). The summed E-state index contributed by atoms with van der Waals surface area (Å²) in [5.41, 5.74) is 0. The van der Waals surface area contributed by atoms with Crippen LogP contribution in [0.5, 0.6) is 0 Å². The third-order valence-corrected chi connectivity index (χ3v) is 0.833. The lowest BCUT2D eigenvalue weighted by molar-refractivity contribution is -0.134. The largest absolute Gasteiger partial charge is 0.481 e. The normalized spacial score (nSPS) is 8.27. The molecule has 0 aliphatic carbocycles. The van der Waals surface area contributed by atoms with Gasteiger partial charge in [0.2, 0.25) is 0 Å². The summed E-state index contributed by atoms with van der Waals surface area (Å²) in [5.74, 6) is -0.833. The van der Waals surface area contributed by atoms with E-state index in [1.165, 1.54) is 0 Å². The molecular formula is C6H13BrO4. The SMILES string of the molecule is CC(=O)O.CCOCCOBr. The van der Waals surface area contributed by atoms with Crippen molar-refractivity contribution in [1.29, 1.82) is 0 Å². The van der Waals surface area contributed by atoms with Crippen molar-refractivity contribution >= 4 is 22.2 Å². The van der Waals surface area contributed by atoms with Gasteiger partial charge in [0, 0.05) is 13.5 Å². The van der Waals surface area contributed by atoms with E-state index in [-0.39, 0.29) is 0 Å². The fourth-order valence-corrected chi connectivity index (χ4v) is 0.367. The number of rotatable bonds is 4. The molecule has 0 rings (SSSR count). The second-order valence-electron chi connectivity index (χ2n) is 1.53. The van der Waals surface area contributed by atoms with Crippen molar-refractivity contribution in [1.82, 2.24) is 0 Å². The van der Waals surface area contributed by atoms with E-state index in [1.807, 2.05) is 6.92 Å². The molecular weight excluding hydrogens is 216 g/mol. The van der Waals surface area contributed by atoms with Gasteiger partial charge >= 0.3 is 0 Å². The molecule has 1 N–H and O–H groups in total. The predicted molar refractivity (Wildman–Crippen MR) is 44.7 cm³/mol. The first kappa shape index (κ1) is 13.5. The molecule has 0 aromatic carbocycles. The molecule has 11 heavy (non-hydrogen) atoms. The lowest BCUT2D eigenvalue weighted by atomic mass is 10.8. The summed E-state index contributed by atoms with van der Waals surface area (Å²) in [6.07, 6.45) is 0. The van der Waals surface area contributed by atoms with Gasteiger partial charge < -0.3 is 13.7 Å². The Bertz CT molecular complexity index is 78.7. The highest BCUT2D eigenvalue weighted by molar-refractivity contribution is 9.06. The average Bonchev–Trinajstić information content (AvgIpc) is 1.88. The van der Waals surface area contributed by atoms with Crippen molar-refractivity contribution in [2.45, 2.75) is 13.8 Å². The molecule has 0 unspecified atom stereocenters. The Balaban J connectivity index is 0. The average molecular weight is 229 g/mol. The summed E-state index contributed by atoms with van der Waals surface area (Å²) in [6, 6.07) is 0. The topological polar surface area (TPSA) is 55.8 Å². The van der Waals surface area contributed by atoms with Crippen molar-refractivity contribution in [3.05, 3.63) is 0 Å². The number of carboxylic acid groups (broad SMARTS) is 1. The molecule has 68 valence electrons. The molecule has 0 radical (unpaired) electrons. The fraction of sp³-hybridized carbons (Fsp3) is 0.833. The molecule has 0 saturated carbocycles. The summed E-state index contributed by atoms with van der Waals surface area (Å²) in [5, 5.41) is 7.42. The highest BCUT2D eigenvalue weighted by Crippen LogP contribution is 1.82. The van der Waals surface area contributed by atoms with Crippen molar-refractivity contribution in [3.8, 4) is 0 Å². The molecule has 0 bridgehead atoms. The summed E-state index contributed by atoms with van der Waals surface area (Å²) in [4.78, 5) is 9.00. The molecule has 0 aromatic rings. The summed E-state index contributed by atoms with van der Waals surface area (Å²) in [6.45, 7) is 5.08. The number of ether oxygens (including phenoxy) is 1. The van der Waals surface area contributed by atoms with E-state index >= 15 is 0 Å². The number of hydrogen-bond acceptors (Lipinski definition) is 3. The molecule has 0 fully saturated rings. The maximum atomic E-state index is 9.00. The van der Waals surface area contributed by atoms with Crippen LogP contribution in [0.25, 0.3) is 0 Å². The number of hydrogen-bond donors (Lipinski definition) is 1. The Kier molecular flexibility index (Phi) is 15.3. The molecule has 5 heteroatoms. The van der Waals surface area contributed by atoms with Crippen LogP contribution in [0.3, 0.4) is 0 Å². The first-order chi connectivity index (χ1) is 5.15. The van der Waals surface area contributed by atoms with Crippen LogP contribution in [0.4, 0.5) is 0 Å². The highest BCUT2D eigenvalue weighted by Gasteiger charge is 1.79. The molecule has 0 heterocycles. The number of aliphatic carboxylic acids is 1. The number of halogens is 1. The molecule has 0 aliphatic heterocycles. The second-order valence-corrected chi connectivity index (χ2v) is 1.99. The van der Waals surface area contributed by atoms with Crippen LogP contribution < -0.4 is 0 Å². The van der Waals surface area contributed by atoms with E-state index in [9.17, 15) is 0 Å². The van der Waals surface area contributed by atoms with Crippen LogP contribution in [0.1, 0.15) is 13.8 Å². The van der Waals surface area contributed by atoms with Crippen molar-refractivity contribution < 1.29 is 18.5 Å². The third-order valence-electron chi connectivity index (χ3n) is 0.509. The smallest absolute Gasteiger partial charge is 0.300 e. The Hall–Kier alpha value is -0.130. The van der Waals surface area contributed by atoms with E-state index in [0.29, 0.717) is 13.2 Å². The van der Waals surface area contributed by atoms with E-state index in [0.717, 1.165) is 13.5 Å². The van der Waals surface area contributed by atoms with E-state index < -0.39 is 5.97 Å². The van der Waals surface area contributed by atoms with Crippen LogP contribution in [0, 0.1) is 0 Å². The van der Waals surface area contributed by atoms with Crippen molar-refractivity contribution in [2.75, 3.05) is 19.8 Å². The zero-order valence-corrected chi connectivity index (χ0v) is 8.26. The first-order valence-corrected chi connectivity index (χ1v) is 3.80. The molecule has 0 spiro atoms. The quantitative estimate of drug-likeness (QED) is 0.741. The van der Waals surface area contributed by atoms with Gasteiger partial charge in [0.05, 0.1) is 29.5 Å². The summed E-state index contributed by atoms with van der Waals surface area (Å²) in [7, 11) is 0. The molecule has 0 atom stereocenters. The lowest BCUT2D eigenvalue weighted by Crippen LogP contribution is -1.97. The van der Waals surface area contributed by atoms with Gasteiger partial charge in [-0.25, -0.2) is 0 Å². The van der Waals surface area contributed by atoms with Crippen molar-refractivity contribution in [3.63, 3.8) is 0 Å². The van der Waals surface area contributed by atoms with Crippen LogP contribution in [-0.4, -0.2) is 30.9 Å². The van der Waals surface area contributed by atoms with Crippen LogP contribution in [0.15, 0.2) is 0 Å². The zero-order chi connectivity index (χ0) is 9.11. The van der Waals surface area contributed by atoms with E-state index in [2.05, 4.69) is 20.1 Å². The van der Waals surface area contributed by atoms with Gasteiger partial charge in [-0.05, 0) is 6.92 Å². The Morgan fingerprint density at radius 3 is 2.27 bits per heavy atom. The zero-order valence-electron chi connectivity index (χ0n) is 6.67. The molecule has 0 amide bonds. The van der Waals surface area contributed by atoms with Crippen LogP contribution in [-0.2, 0) is 13.4 Å². The molecule has 0 saturated heterocycles. The maximum absolute atomic E-state index is 9.00. The van der Waals surface area contributed by atoms with Gasteiger partial charge in [0.1, 0.15) is 0 Å². The minimum atomic E-state index is -0.833. The van der Waals surface area contributed by atoms with E-state index in [1.54, 1.807) is 0 Å². The van der Waals surface area contributed by atoms with Gasteiger partial charge in [0.15, 0.2) is 0 Å². The number of carbonyl (C=O) groups is 1. The lowest BCUT2D eigenvalue weighted by Gasteiger charge is -1.94. The maximum Gasteiger partial charge on any atom is 0.300 e. The summed E-state index contributed by atoms with van der Waals surface area (Å²) < 4.78 is 9.45. The van der Waals surface area contributed by atoms with Crippen LogP contribution in [0.2, 0.25) is 0 Å². The Labute approximate surface area is 74.9 Å². The predicted octanol–water partition coefficient (Wildman–Crippen LogP) is 1.44. The fourth-order valence-electron chi connectivity index (χ4n) is 0.235. The molecule has 0 aromatic heterocycles. The van der Waals surface area contributed by atoms with Crippen molar-refractivity contribution in [2.24, 2.45) is 0 Å². The van der Waals surface area contributed by atoms with Gasteiger partial charge in [0.25, 0.3) is 5.97 Å². The van der Waals surface area contributed by atoms with Gasteiger partial charge in [-0.1, -0.05) is 0 Å². The highest BCUT2D eigenvalue weighted by atomic mass is 79.9. The van der Waals surface area contributed by atoms with Gasteiger partial charge in [-0.15, -0.1) is 0 Å². The third kappa shape index (κ3) is 40.8. The second kappa shape index (κ2) is 12.5. The molecule has 4 nitrogen and oxygen atoms in total. The van der Waals surface area contributed by atoms with Crippen LogP contribution >= 0.6 is 16.3 Å². The van der Waals surface area contributed by atoms with Gasteiger partial charge in [-0.3, -0.25) is 4.79 Å². The van der Waals surface area contributed by atoms with E-state index in [4.69, 9.17) is 14.6 Å². The minimum absolute atomic E-state index is 0.619. The minimum Gasteiger partial charge on any atom is -0.481 e. The number of carboxylic acids is 1. The Morgan fingerprint density at radius 2 is 2.00 bits per heavy atom. The summed E-state index contributed by atoms with van der Waals surface area (Å²) >= 11 is 2.80. The first-order valence-electron chi connectivity index (χ1n) is 3.16. The van der Waals surface area contributed by atoms with Gasteiger partial charge in [-0.2, -0.15) is 0 Å². The molecule has 0 aliphatic rings. The monoisotopic (exact) mass is 228 g/mol. The Morgan fingerprint density at radius 1 is 1.55 bits per heavy atom.